The molecule has 3 aromatic carbocycles. The normalized spacial score (nSPS) is 17.2. The van der Waals surface area contributed by atoms with Crippen LogP contribution in [0.5, 0.6) is 5.75 Å². The van der Waals surface area contributed by atoms with Crippen LogP contribution in [0.4, 0.5) is 5.69 Å². The van der Waals surface area contributed by atoms with Gasteiger partial charge in [-0.25, -0.2) is 4.99 Å². The summed E-state index contributed by atoms with van der Waals surface area (Å²) in [5.74, 6) is -1.23. The van der Waals surface area contributed by atoms with Crippen LogP contribution in [0.3, 0.4) is 0 Å². The Morgan fingerprint density at radius 1 is 1.13 bits per heavy atom. The number of carboxylic acid groups (broad SMARTS) is 1. The van der Waals surface area contributed by atoms with Gasteiger partial charge in [-0.15, -0.1) is 0 Å². The zero-order valence-corrected chi connectivity index (χ0v) is 17.8. The fraction of sp³-hybridized carbons (Fsp3) is 0.125. The molecule has 156 valence electrons. The third-order valence-corrected chi connectivity index (χ3v) is 5.94. The first-order valence-electron chi connectivity index (χ1n) is 9.64. The lowest BCUT2D eigenvalue weighted by molar-refractivity contribution is -0.138. The van der Waals surface area contributed by atoms with Crippen LogP contribution in [0.2, 0.25) is 0 Å². The number of carboxylic acids is 1. The molecule has 1 unspecified atom stereocenters. The number of benzene rings is 3. The summed E-state index contributed by atoms with van der Waals surface area (Å²) in [5, 5.41) is 14.6. The third-order valence-electron chi connectivity index (χ3n) is 5.03. The van der Waals surface area contributed by atoms with E-state index in [4.69, 9.17) is 4.74 Å². The van der Waals surface area contributed by atoms with Crippen LogP contribution in [0.25, 0.3) is 16.8 Å². The second-order valence-corrected chi connectivity index (χ2v) is 8.07. The zero-order valence-electron chi connectivity index (χ0n) is 17.0. The molecule has 3 aromatic rings. The number of para-hydroxylation sites is 1. The quantitative estimate of drug-likeness (QED) is 0.558. The Balaban J connectivity index is 1.68. The van der Waals surface area contributed by atoms with Gasteiger partial charge in [0.2, 0.25) is 0 Å². The van der Waals surface area contributed by atoms with E-state index >= 15 is 0 Å². The van der Waals surface area contributed by atoms with Gasteiger partial charge in [-0.05, 0) is 59.3 Å². The number of aliphatic carboxylic acids is 1. The zero-order chi connectivity index (χ0) is 22.0. The number of nitrogens with zero attached hydrogens (tertiary/aromatic N) is 1. The molecule has 2 N–H and O–H groups in total. The Bertz CT molecular complexity index is 1250. The predicted molar refractivity (Wildman–Crippen MR) is 124 cm³/mol. The molecule has 0 aromatic heterocycles. The largest absolute Gasteiger partial charge is 0.496 e. The van der Waals surface area contributed by atoms with Crippen molar-refractivity contribution in [1.29, 1.82) is 0 Å². The summed E-state index contributed by atoms with van der Waals surface area (Å²) in [6, 6.07) is 18.9. The van der Waals surface area contributed by atoms with Crippen molar-refractivity contribution in [2.75, 3.05) is 7.11 Å². The molecule has 7 heteroatoms. The van der Waals surface area contributed by atoms with Crippen molar-refractivity contribution in [1.82, 2.24) is 5.32 Å². The fourth-order valence-corrected chi connectivity index (χ4v) is 4.17. The van der Waals surface area contributed by atoms with Crippen molar-refractivity contribution < 1.29 is 19.4 Å². The molecule has 0 saturated carbocycles. The highest BCUT2D eigenvalue weighted by Crippen LogP contribution is 2.34. The summed E-state index contributed by atoms with van der Waals surface area (Å²) in [6.45, 7) is 1.61. The Labute approximate surface area is 183 Å². The van der Waals surface area contributed by atoms with Crippen molar-refractivity contribution >= 4 is 51.3 Å². The van der Waals surface area contributed by atoms with Crippen LogP contribution in [-0.2, 0) is 9.59 Å². The highest BCUT2D eigenvalue weighted by atomic mass is 32.2. The molecule has 1 heterocycles. The van der Waals surface area contributed by atoms with Gasteiger partial charge in [-0.3, -0.25) is 9.59 Å². The number of ether oxygens (including phenoxy) is 1. The topological polar surface area (TPSA) is 88.0 Å². The number of thioether (sulfide) groups is 1. The van der Waals surface area contributed by atoms with E-state index in [0.29, 0.717) is 27.1 Å². The van der Waals surface area contributed by atoms with Crippen LogP contribution >= 0.6 is 11.8 Å². The maximum absolute atomic E-state index is 12.6. The number of hydrogen-bond acceptors (Lipinski definition) is 5. The van der Waals surface area contributed by atoms with E-state index in [9.17, 15) is 14.7 Å². The van der Waals surface area contributed by atoms with Crippen molar-refractivity contribution in [3.8, 4) is 5.75 Å². The molecule has 0 radical (unpaired) electrons. The molecule has 1 atom stereocenters. The van der Waals surface area contributed by atoms with Gasteiger partial charge in [0.15, 0.2) is 5.17 Å². The lowest BCUT2D eigenvalue weighted by atomic mass is 10.00. The summed E-state index contributed by atoms with van der Waals surface area (Å²) in [4.78, 5) is 29.0. The highest BCUT2D eigenvalue weighted by Gasteiger charge is 2.25. The molecule has 1 aliphatic rings. The number of aliphatic imine (C=N–C) groups is 1. The summed E-state index contributed by atoms with van der Waals surface area (Å²) in [7, 11) is 1.60. The molecule has 0 aliphatic carbocycles. The predicted octanol–water partition coefficient (Wildman–Crippen LogP) is 4.93. The number of amides is 1. The molecule has 0 bridgehead atoms. The van der Waals surface area contributed by atoms with E-state index in [1.54, 1.807) is 44.4 Å². The minimum absolute atomic E-state index is 0.261. The van der Waals surface area contributed by atoms with Gasteiger partial charge in [0.05, 0.1) is 23.6 Å². The number of fused-ring (bicyclic) bond motifs is 1. The lowest BCUT2D eigenvalue weighted by Crippen LogP contribution is -2.19. The Hall–Kier alpha value is -3.58. The fourth-order valence-electron chi connectivity index (χ4n) is 3.35. The first-order valence-corrected chi connectivity index (χ1v) is 10.5. The van der Waals surface area contributed by atoms with Crippen molar-refractivity contribution in [3.63, 3.8) is 0 Å². The van der Waals surface area contributed by atoms with Gasteiger partial charge >= 0.3 is 5.97 Å². The van der Waals surface area contributed by atoms with E-state index < -0.39 is 11.9 Å². The summed E-state index contributed by atoms with van der Waals surface area (Å²) < 4.78 is 5.51. The average molecular weight is 433 g/mol. The van der Waals surface area contributed by atoms with E-state index in [2.05, 4.69) is 10.3 Å². The summed E-state index contributed by atoms with van der Waals surface area (Å²) in [5.41, 5.74) is 1.90. The first-order chi connectivity index (χ1) is 15.0. The molecular weight excluding hydrogens is 412 g/mol. The molecular formula is C24H20N2O4S. The minimum atomic E-state index is -0.931. The maximum atomic E-state index is 12.6. The Morgan fingerprint density at radius 2 is 1.81 bits per heavy atom. The van der Waals surface area contributed by atoms with E-state index in [1.165, 1.54) is 11.8 Å². The van der Waals surface area contributed by atoms with Crippen molar-refractivity contribution in [2.45, 2.75) is 12.8 Å². The maximum Gasteiger partial charge on any atom is 0.310 e. The average Bonchev–Trinajstić information content (AvgIpc) is 3.11. The van der Waals surface area contributed by atoms with Crippen LogP contribution < -0.4 is 10.1 Å². The van der Waals surface area contributed by atoms with Crippen LogP contribution in [0.1, 0.15) is 24.0 Å². The van der Waals surface area contributed by atoms with Crippen LogP contribution in [0, 0.1) is 0 Å². The van der Waals surface area contributed by atoms with Crippen LogP contribution in [-0.4, -0.2) is 29.3 Å². The number of carbonyl (C=O) groups is 2. The van der Waals surface area contributed by atoms with Gasteiger partial charge in [0.25, 0.3) is 5.91 Å². The Morgan fingerprint density at radius 3 is 2.52 bits per heavy atom. The van der Waals surface area contributed by atoms with Gasteiger partial charge in [-0.2, -0.15) is 0 Å². The van der Waals surface area contributed by atoms with Crippen molar-refractivity contribution in [3.05, 3.63) is 76.7 Å². The van der Waals surface area contributed by atoms with Gasteiger partial charge in [-0.1, -0.05) is 42.5 Å². The molecule has 31 heavy (non-hydrogen) atoms. The molecule has 6 nitrogen and oxygen atoms in total. The summed E-state index contributed by atoms with van der Waals surface area (Å²) >= 11 is 1.21. The van der Waals surface area contributed by atoms with Gasteiger partial charge < -0.3 is 15.2 Å². The van der Waals surface area contributed by atoms with E-state index in [1.807, 2.05) is 36.4 Å². The molecule has 4 rings (SSSR count). The van der Waals surface area contributed by atoms with E-state index in [-0.39, 0.29) is 5.91 Å². The molecule has 1 saturated heterocycles. The van der Waals surface area contributed by atoms with Gasteiger partial charge in [0, 0.05) is 5.56 Å². The second kappa shape index (κ2) is 8.65. The van der Waals surface area contributed by atoms with Gasteiger partial charge in [0.1, 0.15) is 5.75 Å². The number of methoxy groups -OCH3 is 1. The van der Waals surface area contributed by atoms with E-state index in [0.717, 1.165) is 16.3 Å². The SMILES string of the molecule is COc1cc2ccccc2cc1C=C1SC(=Nc2ccccc2C(C)C(=O)O)NC1=O. The standard InChI is InChI=1S/C24H20N2O4S/c1-14(23(28)29)18-9-5-6-10-19(18)25-24-26-22(27)21(31-24)13-17-11-15-7-3-4-8-16(15)12-20(17)30-2/h3-14H,1-2H3,(H,28,29)(H,25,26,27). The highest BCUT2D eigenvalue weighted by molar-refractivity contribution is 8.18. The first kappa shape index (κ1) is 20.7. The lowest BCUT2D eigenvalue weighted by Gasteiger charge is -2.10. The summed E-state index contributed by atoms with van der Waals surface area (Å²) in [6.07, 6.45) is 1.78. The molecule has 1 aliphatic heterocycles. The number of amidine groups is 1. The minimum Gasteiger partial charge on any atom is -0.496 e. The molecule has 1 amide bonds. The Kier molecular flexibility index (Phi) is 5.77. The van der Waals surface area contributed by atoms with Crippen LogP contribution in [0.15, 0.2) is 70.6 Å². The number of nitrogens with one attached hydrogen (secondary N) is 1. The third kappa shape index (κ3) is 4.32. The number of carbonyl (C=O) groups excluding carboxylic acids is 1. The number of rotatable bonds is 5. The number of hydrogen-bond donors (Lipinski definition) is 2. The van der Waals surface area contributed by atoms with Crippen molar-refractivity contribution in [2.24, 2.45) is 4.99 Å². The molecule has 0 spiro atoms. The molecule has 1 fully saturated rings. The smallest absolute Gasteiger partial charge is 0.310 e. The second-order valence-electron chi connectivity index (χ2n) is 7.04. The monoisotopic (exact) mass is 432 g/mol.